The summed E-state index contributed by atoms with van der Waals surface area (Å²) in [6, 6.07) is 17.3. The SMILES string of the molecule is CCN(CC)CCOc1ccc(Nc2nccc(-c3cn[nH]c3-c3cccc(Cl)c3)n2)cc1. The van der Waals surface area contributed by atoms with Crippen molar-refractivity contribution in [3.63, 3.8) is 0 Å². The lowest BCUT2D eigenvalue weighted by atomic mass is 10.1. The number of likely N-dealkylation sites (N-methyl/N-ethyl adjacent to an activating group) is 1. The average molecular weight is 463 g/mol. The van der Waals surface area contributed by atoms with Crippen LogP contribution in [0.5, 0.6) is 5.75 Å². The quantitative estimate of drug-likeness (QED) is 0.317. The first-order chi connectivity index (χ1) is 16.2. The summed E-state index contributed by atoms with van der Waals surface area (Å²) in [7, 11) is 0. The van der Waals surface area contributed by atoms with E-state index in [9.17, 15) is 0 Å². The number of aromatic amines is 1. The summed E-state index contributed by atoms with van der Waals surface area (Å²) in [6.45, 7) is 7.96. The van der Waals surface area contributed by atoms with Crippen LogP contribution in [0.4, 0.5) is 11.6 Å². The Morgan fingerprint density at radius 2 is 1.88 bits per heavy atom. The van der Waals surface area contributed by atoms with Gasteiger partial charge in [0.05, 0.1) is 17.6 Å². The third-order valence-electron chi connectivity index (χ3n) is 5.37. The van der Waals surface area contributed by atoms with Crippen molar-refractivity contribution in [2.24, 2.45) is 0 Å². The molecule has 0 spiro atoms. The fourth-order valence-electron chi connectivity index (χ4n) is 3.51. The Labute approximate surface area is 198 Å². The monoisotopic (exact) mass is 462 g/mol. The first kappa shape index (κ1) is 22.8. The largest absolute Gasteiger partial charge is 0.492 e. The molecule has 4 rings (SSSR count). The molecule has 33 heavy (non-hydrogen) atoms. The van der Waals surface area contributed by atoms with Crippen molar-refractivity contribution in [3.8, 4) is 28.3 Å². The van der Waals surface area contributed by atoms with E-state index in [0.717, 1.165) is 53.6 Å². The lowest BCUT2D eigenvalue weighted by Gasteiger charge is -2.18. The van der Waals surface area contributed by atoms with Gasteiger partial charge in [0, 0.05) is 34.6 Å². The highest BCUT2D eigenvalue weighted by Gasteiger charge is 2.12. The maximum Gasteiger partial charge on any atom is 0.227 e. The molecule has 0 radical (unpaired) electrons. The number of benzene rings is 2. The Morgan fingerprint density at radius 1 is 1.06 bits per heavy atom. The minimum absolute atomic E-state index is 0.501. The number of rotatable bonds is 10. The maximum atomic E-state index is 6.16. The first-order valence-electron chi connectivity index (χ1n) is 11.0. The predicted molar refractivity (Wildman–Crippen MR) is 133 cm³/mol. The van der Waals surface area contributed by atoms with Gasteiger partial charge in [0.1, 0.15) is 12.4 Å². The van der Waals surface area contributed by atoms with Gasteiger partial charge in [-0.25, -0.2) is 9.97 Å². The van der Waals surface area contributed by atoms with E-state index in [-0.39, 0.29) is 0 Å². The maximum absolute atomic E-state index is 6.16. The summed E-state index contributed by atoms with van der Waals surface area (Å²) < 4.78 is 5.86. The number of ether oxygens (including phenoxy) is 1. The van der Waals surface area contributed by atoms with E-state index in [1.807, 2.05) is 54.6 Å². The van der Waals surface area contributed by atoms with Gasteiger partial charge in [0.2, 0.25) is 5.95 Å². The number of hydrogen-bond acceptors (Lipinski definition) is 6. The van der Waals surface area contributed by atoms with Gasteiger partial charge in [-0.3, -0.25) is 5.10 Å². The Bertz CT molecular complexity index is 1170. The molecule has 2 aromatic heterocycles. The van der Waals surface area contributed by atoms with Gasteiger partial charge in [-0.05, 0) is 55.6 Å². The van der Waals surface area contributed by atoms with Crippen molar-refractivity contribution in [2.45, 2.75) is 13.8 Å². The van der Waals surface area contributed by atoms with Crippen molar-refractivity contribution in [3.05, 3.63) is 72.0 Å². The molecular formula is C25H27ClN6O. The zero-order valence-electron chi connectivity index (χ0n) is 18.8. The Morgan fingerprint density at radius 3 is 2.64 bits per heavy atom. The van der Waals surface area contributed by atoms with Gasteiger partial charge in [0.15, 0.2) is 0 Å². The van der Waals surface area contributed by atoms with E-state index in [4.69, 9.17) is 16.3 Å². The molecule has 0 amide bonds. The van der Waals surface area contributed by atoms with E-state index in [1.54, 1.807) is 12.4 Å². The molecule has 0 fully saturated rings. The minimum Gasteiger partial charge on any atom is -0.492 e. The van der Waals surface area contributed by atoms with Crippen LogP contribution in [0, 0.1) is 0 Å². The molecule has 4 aromatic rings. The van der Waals surface area contributed by atoms with E-state index < -0.39 is 0 Å². The van der Waals surface area contributed by atoms with Gasteiger partial charge in [-0.15, -0.1) is 0 Å². The highest BCUT2D eigenvalue weighted by molar-refractivity contribution is 6.30. The van der Waals surface area contributed by atoms with Crippen molar-refractivity contribution in [2.75, 3.05) is 31.6 Å². The van der Waals surface area contributed by atoms with E-state index >= 15 is 0 Å². The zero-order valence-corrected chi connectivity index (χ0v) is 19.5. The van der Waals surface area contributed by atoms with Crippen molar-refractivity contribution < 1.29 is 4.74 Å². The van der Waals surface area contributed by atoms with Gasteiger partial charge in [-0.1, -0.05) is 37.6 Å². The first-order valence-corrected chi connectivity index (χ1v) is 11.4. The van der Waals surface area contributed by atoms with Crippen molar-refractivity contribution in [1.82, 2.24) is 25.1 Å². The smallest absolute Gasteiger partial charge is 0.227 e. The third kappa shape index (κ3) is 5.88. The Hall–Kier alpha value is -3.42. The number of nitrogens with one attached hydrogen (secondary N) is 2. The molecule has 7 nitrogen and oxygen atoms in total. The van der Waals surface area contributed by atoms with Crippen LogP contribution in [0.2, 0.25) is 5.02 Å². The minimum atomic E-state index is 0.501. The van der Waals surface area contributed by atoms with Crippen LogP contribution in [-0.2, 0) is 0 Å². The van der Waals surface area contributed by atoms with Gasteiger partial charge < -0.3 is 15.0 Å². The summed E-state index contributed by atoms with van der Waals surface area (Å²) >= 11 is 6.16. The van der Waals surface area contributed by atoms with Gasteiger partial charge in [-0.2, -0.15) is 5.10 Å². The highest BCUT2D eigenvalue weighted by Crippen LogP contribution is 2.30. The van der Waals surface area contributed by atoms with Crippen LogP contribution in [0.15, 0.2) is 67.0 Å². The Kier molecular flexibility index (Phi) is 7.55. The number of anilines is 2. The molecule has 2 aromatic carbocycles. The summed E-state index contributed by atoms with van der Waals surface area (Å²) in [6.07, 6.45) is 3.48. The summed E-state index contributed by atoms with van der Waals surface area (Å²) in [5, 5.41) is 11.2. The van der Waals surface area contributed by atoms with Crippen molar-refractivity contribution in [1.29, 1.82) is 0 Å². The van der Waals surface area contributed by atoms with Crippen molar-refractivity contribution >= 4 is 23.2 Å². The number of hydrogen-bond donors (Lipinski definition) is 2. The molecule has 8 heteroatoms. The Balaban J connectivity index is 1.44. The average Bonchev–Trinajstić information content (AvgIpc) is 3.33. The highest BCUT2D eigenvalue weighted by atomic mass is 35.5. The summed E-state index contributed by atoms with van der Waals surface area (Å²) in [5.74, 6) is 1.34. The van der Waals surface area contributed by atoms with Crippen LogP contribution in [0.25, 0.3) is 22.5 Å². The number of aromatic nitrogens is 4. The molecule has 0 aliphatic carbocycles. The van der Waals surface area contributed by atoms with Gasteiger partial charge in [0.25, 0.3) is 0 Å². The summed E-state index contributed by atoms with van der Waals surface area (Å²) in [5.41, 5.74) is 4.31. The normalized spacial score (nSPS) is 11.0. The molecule has 0 bridgehead atoms. The predicted octanol–water partition coefficient (Wildman–Crippen LogP) is 5.65. The fraction of sp³-hybridized carbons (Fsp3) is 0.240. The third-order valence-corrected chi connectivity index (χ3v) is 5.60. The topological polar surface area (TPSA) is 79.0 Å². The molecule has 0 saturated heterocycles. The lowest BCUT2D eigenvalue weighted by molar-refractivity contribution is 0.223. The fourth-order valence-corrected chi connectivity index (χ4v) is 3.70. The van der Waals surface area contributed by atoms with Gasteiger partial charge >= 0.3 is 0 Å². The number of halogens is 1. The number of nitrogens with zero attached hydrogens (tertiary/aromatic N) is 4. The van der Waals surface area contributed by atoms with Crippen LogP contribution in [-0.4, -0.2) is 51.3 Å². The molecule has 0 aliphatic heterocycles. The van der Waals surface area contributed by atoms with Crippen LogP contribution >= 0.6 is 11.6 Å². The van der Waals surface area contributed by atoms with Crippen LogP contribution in [0.1, 0.15) is 13.8 Å². The molecule has 0 atom stereocenters. The number of H-pyrrole nitrogens is 1. The molecule has 170 valence electrons. The molecule has 0 aliphatic rings. The second-order valence-electron chi connectivity index (χ2n) is 7.46. The van der Waals surface area contributed by atoms with E-state index in [2.05, 4.69) is 44.2 Å². The second kappa shape index (κ2) is 10.9. The van der Waals surface area contributed by atoms with Crippen LogP contribution in [0.3, 0.4) is 0 Å². The molecular weight excluding hydrogens is 436 g/mol. The molecule has 2 N–H and O–H groups in total. The zero-order chi connectivity index (χ0) is 23.0. The van der Waals surface area contributed by atoms with E-state index in [0.29, 0.717) is 17.6 Å². The standard InChI is InChI=1S/C25H27ClN6O/c1-3-32(4-2)14-15-33-21-10-8-20(9-11-21)29-25-27-13-12-23(30-25)22-17-28-31-24(22)18-6-5-7-19(26)16-18/h5-13,16-17H,3-4,14-15H2,1-2H3,(H,28,31)(H,27,29,30). The second-order valence-corrected chi connectivity index (χ2v) is 7.90. The lowest BCUT2D eigenvalue weighted by Crippen LogP contribution is -2.27. The summed E-state index contributed by atoms with van der Waals surface area (Å²) in [4.78, 5) is 11.4. The van der Waals surface area contributed by atoms with E-state index in [1.165, 1.54) is 0 Å². The molecule has 0 saturated carbocycles. The van der Waals surface area contributed by atoms with Crippen LogP contribution < -0.4 is 10.1 Å². The molecule has 2 heterocycles. The molecule has 0 unspecified atom stereocenters.